The van der Waals surface area contributed by atoms with Crippen LogP contribution in [-0.4, -0.2) is 96.7 Å². The third kappa shape index (κ3) is 61.6. The molecule has 0 aliphatic heterocycles. The van der Waals surface area contributed by atoms with Crippen LogP contribution in [0.15, 0.2) is 0 Å². The first-order valence-corrected chi connectivity index (χ1v) is 39.0. The Balaban J connectivity index is 5.09. The van der Waals surface area contributed by atoms with Gasteiger partial charge in [0.05, 0.1) is 26.4 Å². The number of carbonyl (C=O) groups excluding carboxylic acids is 4. The highest BCUT2D eigenvalue weighted by Crippen LogP contribution is 2.45. The van der Waals surface area contributed by atoms with Gasteiger partial charge in [0.25, 0.3) is 0 Å². The van der Waals surface area contributed by atoms with Crippen LogP contribution in [0.3, 0.4) is 0 Å². The first-order valence-electron chi connectivity index (χ1n) is 36.0. The molecule has 0 saturated heterocycles. The van der Waals surface area contributed by atoms with Gasteiger partial charge in [-0.05, 0) is 37.5 Å². The summed E-state index contributed by atoms with van der Waals surface area (Å²) in [4.78, 5) is 72.1. The average Bonchev–Trinajstić information content (AvgIpc) is 3.71. The number of ether oxygens (including phenoxy) is 4. The van der Waals surface area contributed by atoms with E-state index in [2.05, 4.69) is 41.5 Å². The van der Waals surface area contributed by atoms with Gasteiger partial charge < -0.3 is 33.8 Å². The smallest absolute Gasteiger partial charge is 0.462 e. The number of rotatable bonds is 68. The molecule has 6 atom stereocenters. The van der Waals surface area contributed by atoms with E-state index in [4.69, 9.17) is 37.0 Å². The SMILES string of the molecule is CCCCCCCCCC(=O)OC[C@H](COP(=O)(O)OC[C@H](O)COP(=O)(O)OC[C@@H](COC(=O)CCCCCCCCCCCC(C)C)OC(=O)CCCCCCCCCCCCCCCCCCCCC(C)CC)OC(=O)CCCCCCCCC. The van der Waals surface area contributed by atoms with Crippen LogP contribution in [0.1, 0.15) is 350 Å². The van der Waals surface area contributed by atoms with E-state index in [0.29, 0.717) is 25.7 Å². The van der Waals surface area contributed by atoms with E-state index in [1.807, 2.05) is 0 Å². The fourth-order valence-electron chi connectivity index (χ4n) is 10.4. The Morgan fingerprint density at radius 2 is 0.580 bits per heavy atom. The maximum Gasteiger partial charge on any atom is 0.472 e. The summed E-state index contributed by atoms with van der Waals surface area (Å²) in [6, 6.07) is 0. The number of esters is 4. The average molecular weight is 1300 g/mol. The largest absolute Gasteiger partial charge is 0.472 e. The van der Waals surface area contributed by atoms with E-state index >= 15 is 0 Å². The van der Waals surface area contributed by atoms with Crippen LogP contribution in [0.25, 0.3) is 0 Å². The number of aliphatic hydroxyl groups excluding tert-OH is 1. The van der Waals surface area contributed by atoms with Crippen LogP contribution < -0.4 is 0 Å². The zero-order valence-corrected chi connectivity index (χ0v) is 58.8. The molecule has 0 radical (unpaired) electrons. The van der Waals surface area contributed by atoms with Gasteiger partial charge in [-0.25, -0.2) is 9.13 Å². The lowest BCUT2D eigenvalue weighted by Crippen LogP contribution is -2.30. The molecule has 17 nitrogen and oxygen atoms in total. The molecular formula is C69H134O17P2. The summed E-state index contributed by atoms with van der Waals surface area (Å²) in [6.07, 6.45) is 46.2. The van der Waals surface area contributed by atoms with Gasteiger partial charge in [0.2, 0.25) is 0 Å². The molecule has 0 aromatic rings. The van der Waals surface area contributed by atoms with Gasteiger partial charge in [-0.2, -0.15) is 0 Å². The molecule has 0 saturated carbocycles. The van der Waals surface area contributed by atoms with E-state index < -0.39 is 97.5 Å². The lowest BCUT2D eigenvalue weighted by atomic mass is 9.99. The lowest BCUT2D eigenvalue weighted by Gasteiger charge is -2.21. The number of phosphoric acid groups is 2. The lowest BCUT2D eigenvalue weighted by molar-refractivity contribution is -0.161. The topological polar surface area (TPSA) is 237 Å². The third-order valence-electron chi connectivity index (χ3n) is 16.3. The van der Waals surface area contributed by atoms with Gasteiger partial charge in [-0.1, -0.05) is 298 Å². The molecule has 0 amide bonds. The van der Waals surface area contributed by atoms with Crippen LogP contribution in [0.5, 0.6) is 0 Å². The zero-order chi connectivity index (χ0) is 65.0. The van der Waals surface area contributed by atoms with Crippen molar-refractivity contribution in [1.29, 1.82) is 0 Å². The van der Waals surface area contributed by atoms with Gasteiger partial charge in [0.1, 0.15) is 19.3 Å². The summed E-state index contributed by atoms with van der Waals surface area (Å²) in [7, 11) is -9.88. The maximum absolute atomic E-state index is 13.0. The summed E-state index contributed by atoms with van der Waals surface area (Å²) in [5.41, 5.74) is 0. The van der Waals surface area contributed by atoms with Crippen molar-refractivity contribution in [3.05, 3.63) is 0 Å². The number of hydrogen-bond acceptors (Lipinski definition) is 15. The van der Waals surface area contributed by atoms with Gasteiger partial charge in [0.15, 0.2) is 12.2 Å². The Bertz CT molecular complexity index is 1720. The number of carbonyl (C=O) groups is 4. The number of phosphoric ester groups is 2. The third-order valence-corrected chi connectivity index (χ3v) is 18.2. The highest BCUT2D eigenvalue weighted by atomic mass is 31.2. The molecule has 88 heavy (non-hydrogen) atoms. The summed E-state index contributed by atoms with van der Waals surface area (Å²) in [6.45, 7) is 9.50. The molecule has 0 aromatic carbocycles. The highest BCUT2D eigenvalue weighted by Gasteiger charge is 2.30. The van der Waals surface area contributed by atoms with Crippen molar-refractivity contribution in [3.63, 3.8) is 0 Å². The Labute approximate surface area is 537 Å². The fraction of sp³-hybridized carbons (Fsp3) is 0.942. The van der Waals surface area contributed by atoms with Crippen molar-refractivity contribution < 1.29 is 80.2 Å². The van der Waals surface area contributed by atoms with Crippen molar-refractivity contribution >= 4 is 39.5 Å². The van der Waals surface area contributed by atoms with Gasteiger partial charge in [-0.15, -0.1) is 0 Å². The molecule has 0 aromatic heterocycles. The van der Waals surface area contributed by atoms with E-state index in [1.54, 1.807) is 0 Å². The van der Waals surface area contributed by atoms with E-state index in [-0.39, 0.29) is 25.7 Å². The van der Waals surface area contributed by atoms with Crippen LogP contribution >= 0.6 is 15.6 Å². The molecular weight excluding hydrogens is 1160 g/mol. The van der Waals surface area contributed by atoms with Crippen LogP contribution in [0, 0.1) is 11.8 Å². The first kappa shape index (κ1) is 86.1. The second-order valence-corrected chi connectivity index (χ2v) is 28.5. The van der Waals surface area contributed by atoms with E-state index in [0.717, 1.165) is 127 Å². The monoisotopic (exact) mass is 1300 g/mol. The second-order valence-electron chi connectivity index (χ2n) is 25.6. The number of hydrogen-bond donors (Lipinski definition) is 3. The molecule has 0 spiro atoms. The quantitative estimate of drug-likeness (QED) is 0.0222. The van der Waals surface area contributed by atoms with Gasteiger partial charge in [0, 0.05) is 25.7 Å². The molecule has 0 fully saturated rings. The maximum atomic E-state index is 13.0. The molecule has 0 bridgehead atoms. The summed E-state index contributed by atoms with van der Waals surface area (Å²) >= 11 is 0. The Hall–Kier alpha value is -1.94. The zero-order valence-electron chi connectivity index (χ0n) is 57.0. The normalized spacial score (nSPS) is 14.5. The van der Waals surface area contributed by atoms with Crippen molar-refractivity contribution in [3.8, 4) is 0 Å². The second kappa shape index (κ2) is 61.3. The van der Waals surface area contributed by atoms with Crippen LogP contribution in [0.2, 0.25) is 0 Å². The molecule has 3 N–H and O–H groups in total. The Kier molecular flexibility index (Phi) is 59.9. The predicted molar refractivity (Wildman–Crippen MR) is 354 cm³/mol. The summed E-state index contributed by atoms with van der Waals surface area (Å²) in [5.74, 6) is -0.522. The van der Waals surface area contributed by atoms with E-state index in [9.17, 15) is 43.2 Å². The van der Waals surface area contributed by atoms with Crippen molar-refractivity contribution in [1.82, 2.24) is 0 Å². The standard InChI is InChI=1S/C69H134O17P2/c1-7-10-12-14-31-39-45-51-66(71)79-57-64(85-68(73)53-47-41-32-15-13-11-8-2)59-83-87(75,76)81-55-63(70)56-82-88(77,78)84-60-65(58-80-67(72)52-46-40-35-30-26-27-33-37-43-49-61(4)5)86-69(74)54-48-42-36-29-25-23-21-19-17-16-18-20-22-24-28-34-38-44-50-62(6)9-3/h61-65,70H,7-60H2,1-6H3,(H,75,76)(H,77,78)/t62?,63-,64+,65+/m0/s1. The fourth-order valence-corrected chi connectivity index (χ4v) is 12.0. The minimum absolute atomic E-state index is 0.103. The summed E-state index contributed by atoms with van der Waals surface area (Å²) in [5, 5.41) is 10.5. The number of unbranched alkanes of at least 4 members (excludes halogenated alkanes) is 37. The molecule has 0 aliphatic carbocycles. The van der Waals surface area contributed by atoms with Crippen molar-refractivity contribution in [2.75, 3.05) is 39.6 Å². The Morgan fingerprint density at radius 3 is 0.864 bits per heavy atom. The predicted octanol–water partition coefficient (Wildman–Crippen LogP) is 19.6. The molecule has 522 valence electrons. The van der Waals surface area contributed by atoms with Crippen molar-refractivity contribution in [2.24, 2.45) is 11.8 Å². The van der Waals surface area contributed by atoms with Gasteiger partial charge in [-0.3, -0.25) is 37.3 Å². The number of aliphatic hydroxyl groups is 1. The van der Waals surface area contributed by atoms with Gasteiger partial charge >= 0.3 is 39.5 Å². The van der Waals surface area contributed by atoms with Crippen molar-refractivity contribution in [2.45, 2.75) is 368 Å². The van der Waals surface area contributed by atoms with Crippen LogP contribution in [0.4, 0.5) is 0 Å². The minimum atomic E-state index is -4.95. The minimum Gasteiger partial charge on any atom is -0.462 e. The van der Waals surface area contributed by atoms with E-state index in [1.165, 1.54) is 141 Å². The molecule has 19 heteroatoms. The molecule has 3 unspecified atom stereocenters. The molecule has 0 aliphatic rings. The summed E-state index contributed by atoms with van der Waals surface area (Å²) < 4.78 is 67.9. The molecule has 0 heterocycles. The Morgan fingerprint density at radius 1 is 0.330 bits per heavy atom. The highest BCUT2D eigenvalue weighted by molar-refractivity contribution is 7.47. The van der Waals surface area contributed by atoms with Crippen LogP contribution in [-0.2, 0) is 65.4 Å². The first-order chi connectivity index (χ1) is 42.4. The molecule has 0 rings (SSSR count).